The van der Waals surface area contributed by atoms with Crippen molar-refractivity contribution >= 4 is 11.6 Å². The molecule has 0 radical (unpaired) electrons. The van der Waals surface area contributed by atoms with Crippen molar-refractivity contribution in [2.45, 2.75) is 13.5 Å². The summed E-state index contributed by atoms with van der Waals surface area (Å²) in [6.07, 6.45) is 0. The topological polar surface area (TPSA) is 33.0 Å². The first-order valence-corrected chi connectivity index (χ1v) is 5.95. The fraction of sp³-hybridized carbons (Fsp3) is 0.133. The Labute approximate surface area is 111 Å². The molecule has 0 bridgehead atoms. The minimum absolute atomic E-state index is 0.466. The van der Waals surface area contributed by atoms with Gasteiger partial charge in [0.05, 0.1) is 16.7 Å². The molecule has 0 amide bonds. The van der Waals surface area contributed by atoms with Gasteiger partial charge in [0.25, 0.3) is 0 Å². The predicted octanol–water partition coefficient (Wildman–Crippen LogP) is 4.10. The van der Waals surface area contributed by atoms with Gasteiger partial charge in [-0.1, -0.05) is 41.9 Å². The van der Waals surface area contributed by atoms with Crippen molar-refractivity contribution in [3.8, 4) is 11.8 Å². The summed E-state index contributed by atoms with van der Waals surface area (Å²) < 4.78 is 5.71. The van der Waals surface area contributed by atoms with Gasteiger partial charge >= 0.3 is 0 Å². The number of benzene rings is 2. The number of halogens is 1. The molecule has 0 saturated carbocycles. The van der Waals surface area contributed by atoms with Gasteiger partial charge < -0.3 is 4.74 Å². The molecule has 18 heavy (non-hydrogen) atoms. The Kier molecular flexibility index (Phi) is 3.86. The lowest BCUT2D eigenvalue weighted by atomic mass is 10.1. The SMILES string of the molecule is Cc1cc(C#N)cc(Cl)c1OCc1ccccc1. The van der Waals surface area contributed by atoms with Crippen LogP contribution in [0.4, 0.5) is 0 Å². The van der Waals surface area contributed by atoms with Crippen LogP contribution in [-0.4, -0.2) is 0 Å². The average Bonchev–Trinajstić information content (AvgIpc) is 2.38. The normalized spacial score (nSPS) is 9.83. The molecule has 0 N–H and O–H groups in total. The zero-order valence-corrected chi connectivity index (χ0v) is 10.7. The fourth-order valence-electron chi connectivity index (χ4n) is 1.71. The Morgan fingerprint density at radius 1 is 1.22 bits per heavy atom. The van der Waals surface area contributed by atoms with Crippen LogP contribution in [0.1, 0.15) is 16.7 Å². The molecule has 2 nitrogen and oxygen atoms in total. The van der Waals surface area contributed by atoms with Crippen LogP contribution in [0.5, 0.6) is 5.75 Å². The quantitative estimate of drug-likeness (QED) is 0.829. The van der Waals surface area contributed by atoms with E-state index in [9.17, 15) is 0 Å². The number of hydrogen-bond acceptors (Lipinski definition) is 2. The molecule has 0 aliphatic carbocycles. The maximum atomic E-state index is 8.84. The van der Waals surface area contributed by atoms with Gasteiger partial charge in [-0.25, -0.2) is 0 Å². The Morgan fingerprint density at radius 3 is 2.56 bits per heavy atom. The summed E-state index contributed by atoms with van der Waals surface area (Å²) in [6.45, 7) is 2.35. The van der Waals surface area contributed by atoms with E-state index >= 15 is 0 Å². The highest BCUT2D eigenvalue weighted by molar-refractivity contribution is 6.32. The van der Waals surface area contributed by atoms with Gasteiger partial charge in [-0.15, -0.1) is 0 Å². The van der Waals surface area contributed by atoms with Crippen LogP contribution in [0.25, 0.3) is 0 Å². The van der Waals surface area contributed by atoms with E-state index < -0.39 is 0 Å². The third-order valence-corrected chi connectivity index (χ3v) is 2.87. The molecule has 0 heterocycles. The third kappa shape index (κ3) is 2.82. The van der Waals surface area contributed by atoms with Crippen molar-refractivity contribution in [1.29, 1.82) is 5.26 Å². The van der Waals surface area contributed by atoms with Gasteiger partial charge in [0.15, 0.2) is 0 Å². The number of nitrogens with zero attached hydrogens (tertiary/aromatic N) is 1. The molecule has 0 atom stereocenters. The second-order valence-corrected chi connectivity index (χ2v) is 4.40. The molecular weight excluding hydrogens is 246 g/mol. The van der Waals surface area contributed by atoms with Crippen LogP contribution in [0.15, 0.2) is 42.5 Å². The number of hydrogen-bond donors (Lipinski definition) is 0. The maximum Gasteiger partial charge on any atom is 0.141 e. The zero-order valence-electron chi connectivity index (χ0n) is 9.98. The summed E-state index contributed by atoms with van der Waals surface area (Å²) in [6, 6.07) is 15.3. The number of ether oxygens (including phenoxy) is 1. The molecule has 0 fully saturated rings. The highest BCUT2D eigenvalue weighted by Gasteiger charge is 2.08. The predicted molar refractivity (Wildman–Crippen MR) is 71.7 cm³/mol. The van der Waals surface area contributed by atoms with Gasteiger partial charge in [0, 0.05) is 0 Å². The second-order valence-electron chi connectivity index (χ2n) is 3.99. The van der Waals surface area contributed by atoms with Crippen LogP contribution < -0.4 is 4.74 Å². The van der Waals surface area contributed by atoms with Crippen molar-refractivity contribution < 1.29 is 4.74 Å². The van der Waals surface area contributed by atoms with Crippen LogP contribution >= 0.6 is 11.6 Å². The Balaban J connectivity index is 2.18. The minimum Gasteiger partial charge on any atom is -0.487 e. The summed E-state index contributed by atoms with van der Waals surface area (Å²) in [5, 5.41) is 9.31. The van der Waals surface area contributed by atoms with E-state index in [0.717, 1.165) is 11.1 Å². The van der Waals surface area contributed by atoms with Crippen molar-refractivity contribution in [2.75, 3.05) is 0 Å². The zero-order chi connectivity index (χ0) is 13.0. The van der Waals surface area contributed by atoms with Crippen LogP contribution in [0.3, 0.4) is 0 Å². The largest absolute Gasteiger partial charge is 0.487 e. The molecule has 2 aromatic carbocycles. The summed E-state index contributed by atoms with van der Waals surface area (Å²) in [7, 11) is 0. The van der Waals surface area contributed by atoms with Gasteiger partial charge in [0.1, 0.15) is 12.4 Å². The average molecular weight is 258 g/mol. The lowest BCUT2D eigenvalue weighted by Gasteiger charge is -2.11. The van der Waals surface area contributed by atoms with Crippen molar-refractivity contribution in [3.63, 3.8) is 0 Å². The van der Waals surface area contributed by atoms with Crippen molar-refractivity contribution in [1.82, 2.24) is 0 Å². The van der Waals surface area contributed by atoms with E-state index in [-0.39, 0.29) is 0 Å². The Bertz CT molecular complexity index is 564. The molecule has 0 spiro atoms. The van der Waals surface area contributed by atoms with Crippen LogP contribution in [0, 0.1) is 18.3 Å². The second kappa shape index (κ2) is 5.57. The number of nitriles is 1. The summed E-state index contributed by atoms with van der Waals surface area (Å²) in [5.74, 6) is 0.638. The lowest BCUT2D eigenvalue weighted by Crippen LogP contribution is -1.98. The molecular formula is C15H12ClNO. The van der Waals surface area contributed by atoms with Crippen LogP contribution in [0.2, 0.25) is 5.02 Å². The summed E-state index contributed by atoms with van der Waals surface area (Å²) >= 11 is 6.10. The van der Waals surface area contributed by atoms with E-state index in [0.29, 0.717) is 22.9 Å². The summed E-state index contributed by atoms with van der Waals surface area (Å²) in [4.78, 5) is 0. The molecule has 2 rings (SSSR count). The molecule has 0 aliphatic heterocycles. The van der Waals surface area contributed by atoms with E-state index in [2.05, 4.69) is 6.07 Å². The van der Waals surface area contributed by atoms with Crippen LogP contribution in [-0.2, 0) is 6.61 Å². The maximum absolute atomic E-state index is 8.84. The Hall–Kier alpha value is -1.98. The lowest BCUT2D eigenvalue weighted by molar-refractivity contribution is 0.304. The standard InChI is InChI=1S/C15H12ClNO/c1-11-7-13(9-17)8-14(16)15(11)18-10-12-5-3-2-4-6-12/h2-8H,10H2,1H3. The molecule has 2 aromatic rings. The highest BCUT2D eigenvalue weighted by Crippen LogP contribution is 2.30. The monoisotopic (exact) mass is 257 g/mol. The smallest absolute Gasteiger partial charge is 0.141 e. The van der Waals surface area contributed by atoms with Gasteiger partial charge in [-0.05, 0) is 30.2 Å². The molecule has 3 heteroatoms. The highest BCUT2D eigenvalue weighted by atomic mass is 35.5. The first-order valence-electron chi connectivity index (χ1n) is 5.57. The van der Waals surface area contributed by atoms with E-state index in [1.54, 1.807) is 12.1 Å². The summed E-state index contributed by atoms with van der Waals surface area (Å²) in [5.41, 5.74) is 2.50. The fourth-order valence-corrected chi connectivity index (χ4v) is 2.03. The number of rotatable bonds is 3. The van der Waals surface area contributed by atoms with Crippen molar-refractivity contribution in [2.24, 2.45) is 0 Å². The molecule has 0 unspecified atom stereocenters. The van der Waals surface area contributed by atoms with Gasteiger partial charge in [0.2, 0.25) is 0 Å². The Morgan fingerprint density at radius 2 is 1.94 bits per heavy atom. The minimum atomic E-state index is 0.466. The first-order chi connectivity index (χ1) is 8.70. The van der Waals surface area contributed by atoms with Crippen molar-refractivity contribution in [3.05, 3.63) is 64.2 Å². The first kappa shape index (κ1) is 12.5. The number of aryl methyl sites for hydroxylation is 1. The van der Waals surface area contributed by atoms with Gasteiger partial charge in [-0.3, -0.25) is 0 Å². The van der Waals surface area contributed by atoms with E-state index in [1.165, 1.54) is 0 Å². The third-order valence-electron chi connectivity index (χ3n) is 2.58. The molecule has 0 saturated heterocycles. The molecule has 0 aliphatic rings. The molecule has 0 aromatic heterocycles. The van der Waals surface area contributed by atoms with Gasteiger partial charge in [-0.2, -0.15) is 5.26 Å². The van der Waals surface area contributed by atoms with E-state index in [1.807, 2.05) is 37.3 Å². The molecule has 90 valence electrons. The van der Waals surface area contributed by atoms with E-state index in [4.69, 9.17) is 21.6 Å².